The summed E-state index contributed by atoms with van der Waals surface area (Å²) < 4.78 is 10.1. The van der Waals surface area contributed by atoms with E-state index in [-0.39, 0.29) is 18.9 Å². The minimum atomic E-state index is -0.451. The monoisotopic (exact) mass is 345 g/mol. The molecule has 2 rings (SSSR count). The number of benzene rings is 2. The van der Waals surface area contributed by atoms with Crippen LogP contribution in [0.2, 0.25) is 0 Å². The highest BCUT2D eigenvalue weighted by atomic mass is 32.2. The molecule has 5 nitrogen and oxygen atoms in total. The summed E-state index contributed by atoms with van der Waals surface area (Å²) in [5, 5.41) is 2.70. The van der Waals surface area contributed by atoms with Gasteiger partial charge in [-0.05, 0) is 42.2 Å². The fraction of sp³-hybridized carbons (Fsp3) is 0.222. The van der Waals surface area contributed by atoms with Gasteiger partial charge in [-0.25, -0.2) is 0 Å². The molecule has 0 unspecified atom stereocenters. The Kier molecular flexibility index (Phi) is 6.69. The van der Waals surface area contributed by atoms with Crippen LogP contribution in [0.3, 0.4) is 0 Å². The third kappa shape index (κ3) is 5.62. The Hall–Kier alpha value is -2.47. The van der Waals surface area contributed by atoms with E-state index in [1.54, 1.807) is 49.2 Å². The lowest BCUT2D eigenvalue weighted by atomic mass is 10.1. The Morgan fingerprint density at radius 3 is 2.54 bits per heavy atom. The topological polar surface area (TPSA) is 64.6 Å². The van der Waals surface area contributed by atoms with E-state index < -0.39 is 5.97 Å². The molecule has 1 amide bonds. The number of hydrogen-bond acceptors (Lipinski definition) is 5. The van der Waals surface area contributed by atoms with Gasteiger partial charge in [0.1, 0.15) is 5.75 Å². The van der Waals surface area contributed by atoms with Crippen LogP contribution in [-0.2, 0) is 20.7 Å². The zero-order chi connectivity index (χ0) is 17.4. The maximum absolute atomic E-state index is 11.8. The van der Waals surface area contributed by atoms with Crippen molar-refractivity contribution in [2.45, 2.75) is 11.3 Å². The largest absolute Gasteiger partial charge is 0.497 e. The van der Waals surface area contributed by atoms with Crippen molar-refractivity contribution < 1.29 is 19.1 Å². The summed E-state index contributed by atoms with van der Waals surface area (Å²) >= 11 is 1.59. The van der Waals surface area contributed by atoms with Gasteiger partial charge < -0.3 is 14.8 Å². The van der Waals surface area contributed by atoms with Crippen molar-refractivity contribution >= 4 is 29.3 Å². The van der Waals surface area contributed by atoms with E-state index in [9.17, 15) is 9.59 Å². The number of esters is 1. The van der Waals surface area contributed by atoms with Crippen LogP contribution in [0.4, 0.5) is 5.69 Å². The molecule has 0 heterocycles. The number of rotatable bonds is 7. The summed E-state index contributed by atoms with van der Waals surface area (Å²) in [6.45, 7) is -0.307. The molecule has 2 aromatic carbocycles. The SMILES string of the molecule is COc1ccc(CC(=O)OCC(=O)Nc2cccc(SC)c2)cc1. The third-order valence-electron chi connectivity index (χ3n) is 3.23. The Bertz CT molecular complexity index is 700. The molecule has 0 aliphatic rings. The number of nitrogens with one attached hydrogen (secondary N) is 1. The Balaban J connectivity index is 1.78. The fourth-order valence-corrected chi connectivity index (χ4v) is 2.46. The minimum absolute atomic E-state index is 0.110. The van der Waals surface area contributed by atoms with Gasteiger partial charge in [-0.3, -0.25) is 9.59 Å². The fourth-order valence-electron chi connectivity index (χ4n) is 2.01. The van der Waals surface area contributed by atoms with E-state index in [1.165, 1.54) is 0 Å². The second-order valence-electron chi connectivity index (χ2n) is 4.97. The highest BCUT2D eigenvalue weighted by Gasteiger charge is 2.09. The first kappa shape index (κ1) is 17.9. The number of anilines is 1. The molecule has 0 bridgehead atoms. The van der Waals surface area contributed by atoms with Crippen LogP contribution in [0.15, 0.2) is 53.4 Å². The molecule has 2 aromatic rings. The lowest BCUT2D eigenvalue weighted by Crippen LogP contribution is -2.21. The van der Waals surface area contributed by atoms with E-state index in [1.807, 2.05) is 24.5 Å². The average Bonchev–Trinajstić information content (AvgIpc) is 2.61. The summed E-state index contributed by atoms with van der Waals surface area (Å²) in [4.78, 5) is 24.7. The van der Waals surface area contributed by atoms with E-state index >= 15 is 0 Å². The van der Waals surface area contributed by atoms with Gasteiger partial charge in [0.2, 0.25) is 0 Å². The number of amides is 1. The number of carbonyl (C=O) groups is 2. The van der Waals surface area contributed by atoms with Gasteiger partial charge in [0.25, 0.3) is 5.91 Å². The smallest absolute Gasteiger partial charge is 0.310 e. The maximum Gasteiger partial charge on any atom is 0.310 e. The molecule has 24 heavy (non-hydrogen) atoms. The van der Waals surface area contributed by atoms with Crippen LogP contribution in [0, 0.1) is 0 Å². The van der Waals surface area contributed by atoms with Gasteiger partial charge >= 0.3 is 5.97 Å². The molecule has 0 radical (unpaired) electrons. The van der Waals surface area contributed by atoms with E-state index in [0.717, 1.165) is 16.2 Å². The molecule has 0 saturated carbocycles. The average molecular weight is 345 g/mol. The number of carbonyl (C=O) groups excluding carboxylic acids is 2. The quantitative estimate of drug-likeness (QED) is 0.617. The first-order valence-electron chi connectivity index (χ1n) is 7.33. The first-order chi connectivity index (χ1) is 11.6. The molecule has 0 spiro atoms. The Morgan fingerprint density at radius 1 is 1.12 bits per heavy atom. The zero-order valence-corrected chi connectivity index (χ0v) is 14.4. The molecular weight excluding hydrogens is 326 g/mol. The zero-order valence-electron chi connectivity index (χ0n) is 13.6. The molecule has 0 aromatic heterocycles. The summed E-state index contributed by atoms with van der Waals surface area (Å²) in [5.41, 5.74) is 1.48. The third-order valence-corrected chi connectivity index (χ3v) is 3.95. The van der Waals surface area contributed by atoms with Crippen LogP contribution >= 0.6 is 11.8 Å². The van der Waals surface area contributed by atoms with Crippen molar-refractivity contribution in [2.24, 2.45) is 0 Å². The molecule has 0 aliphatic heterocycles. The van der Waals surface area contributed by atoms with Crippen LogP contribution in [0.25, 0.3) is 0 Å². The highest BCUT2D eigenvalue weighted by molar-refractivity contribution is 7.98. The van der Waals surface area contributed by atoms with Crippen molar-refractivity contribution in [1.82, 2.24) is 0 Å². The minimum Gasteiger partial charge on any atom is -0.497 e. The van der Waals surface area contributed by atoms with Crippen molar-refractivity contribution in [3.63, 3.8) is 0 Å². The standard InChI is InChI=1S/C18H19NO4S/c1-22-15-8-6-13(7-9-15)10-18(21)23-12-17(20)19-14-4-3-5-16(11-14)24-2/h3-9,11H,10,12H2,1-2H3,(H,19,20). The van der Waals surface area contributed by atoms with Crippen LogP contribution in [0.1, 0.15) is 5.56 Å². The normalized spacial score (nSPS) is 10.1. The lowest BCUT2D eigenvalue weighted by Gasteiger charge is -2.08. The number of hydrogen-bond donors (Lipinski definition) is 1. The predicted molar refractivity (Wildman–Crippen MR) is 94.5 cm³/mol. The second kappa shape index (κ2) is 8.98. The van der Waals surface area contributed by atoms with Gasteiger partial charge in [0.15, 0.2) is 6.61 Å². The summed E-state index contributed by atoms with van der Waals surface area (Å²) in [6.07, 6.45) is 2.07. The lowest BCUT2D eigenvalue weighted by molar-refractivity contribution is -0.146. The number of methoxy groups -OCH3 is 1. The first-order valence-corrected chi connectivity index (χ1v) is 8.55. The van der Waals surface area contributed by atoms with Gasteiger partial charge in [-0.15, -0.1) is 11.8 Å². The molecule has 1 N–H and O–H groups in total. The van der Waals surface area contributed by atoms with E-state index in [2.05, 4.69) is 5.32 Å². The van der Waals surface area contributed by atoms with Crippen molar-refractivity contribution in [1.29, 1.82) is 0 Å². The predicted octanol–water partition coefficient (Wildman–Crippen LogP) is 3.14. The molecule has 0 saturated heterocycles. The summed E-state index contributed by atoms with van der Waals surface area (Å²) in [5.74, 6) is -0.0940. The second-order valence-corrected chi connectivity index (χ2v) is 5.85. The van der Waals surface area contributed by atoms with Crippen molar-refractivity contribution in [3.8, 4) is 5.75 Å². The van der Waals surface area contributed by atoms with Crippen molar-refractivity contribution in [3.05, 3.63) is 54.1 Å². The molecule has 126 valence electrons. The maximum atomic E-state index is 11.8. The van der Waals surface area contributed by atoms with Crippen LogP contribution in [-0.4, -0.2) is 31.8 Å². The van der Waals surface area contributed by atoms with E-state index in [4.69, 9.17) is 9.47 Å². The molecule has 6 heteroatoms. The van der Waals surface area contributed by atoms with E-state index in [0.29, 0.717) is 5.69 Å². The van der Waals surface area contributed by atoms with Gasteiger partial charge in [0, 0.05) is 10.6 Å². The molecular formula is C18H19NO4S. The summed E-state index contributed by atoms with van der Waals surface area (Å²) in [6, 6.07) is 14.6. The van der Waals surface area contributed by atoms with Crippen molar-refractivity contribution in [2.75, 3.05) is 25.3 Å². The number of thioether (sulfide) groups is 1. The highest BCUT2D eigenvalue weighted by Crippen LogP contribution is 2.18. The molecule has 0 fully saturated rings. The number of ether oxygens (including phenoxy) is 2. The Labute approximate surface area is 145 Å². The molecule has 0 atom stereocenters. The Morgan fingerprint density at radius 2 is 1.88 bits per heavy atom. The summed E-state index contributed by atoms with van der Waals surface area (Å²) in [7, 11) is 1.58. The van der Waals surface area contributed by atoms with Gasteiger partial charge in [-0.1, -0.05) is 18.2 Å². The van der Waals surface area contributed by atoms with Gasteiger partial charge in [0.05, 0.1) is 13.5 Å². The van der Waals surface area contributed by atoms with Gasteiger partial charge in [-0.2, -0.15) is 0 Å². The molecule has 0 aliphatic carbocycles. The van der Waals surface area contributed by atoms with Crippen LogP contribution in [0.5, 0.6) is 5.75 Å². The van der Waals surface area contributed by atoms with Crippen LogP contribution < -0.4 is 10.1 Å².